The molecule has 0 fully saturated rings. The molecule has 9 heteroatoms. The number of hydrogen-bond donors (Lipinski definition) is 2. The van der Waals surface area contributed by atoms with Crippen LogP contribution in [0.2, 0.25) is 0 Å². The number of alkyl halides is 5. The molecule has 0 aliphatic heterocycles. The maximum absolute atomic E-state index is 12.1. The number of hydroxylamine groups is 1. The van der Waals surface area contributed by atoms with Crippen LogP contribution in [-0.2, 0) is 9.63 Å². The van der Waals surface area contributed by atoms with E-state index in [9.17, 15) is 26.7 Å². The summed E-state index contributed by atoms with van der Waals surface area (Å²) in [5.41, 5.74) is 1.21. The number of aliphatic carboxylic acids is 1. The molecule has 0 radical (unpaired) electrons. The van der Waals surface area contributed by atoms with E-state index in [4.69, 9.17) is 5.11 Å². The topological polar surface area (TPSA) is 58.6 Å². The molecular weight excluding hydrogens is 217 g/mol. The molecule has 0 aromatic rings. The van der Waals surface area contributed by atoms with Gasteiger partial charge in [-0.1, -0.05) is 0 Å². The molecule has 84 valence electrons. The van der Waals surface area contributed by atoms with E-state index in [1.165, 1.54) is 5.48 Å². The maximum Gasteiger partial charge on any atom is 0.413 e. The van der Waals surface area contributed by atoms with Gasteiger partial charge < -0.3 is 5.11 Å². The first-order valence-electron chi connectivity index (χ1n) is 3.18. The van der Waals surface area contributed by atoms with Crippen LogP contribution in [0.3, 0.4) is 0 Å². The van der Waals surface area contributed by atoms with Gasteiger partial charge in [-0.15, -0.1) is 0 Å². The van der Waals surface area contributed by atoms with Crippen LogP contribution in [0.1, 0.15) is 0 Å². The largest absolute Gasteiger partial charge is 0.477 e. The van der Waals surface area contributed by atoms with Crippen molar-refractivity contribution in [2.75, 3.05) is 13.2 Å². The second-order valence-corrected chi connectivity index (χ2v) is 2.23. The minimum atomic E-state index is -4.66. The average Bonchev–Trinajstić information content (AvgIpc) is 1.96. The van der Waals surface area contributed by atoms with Crippen LogP contribution in [0.5, 0.6) is 0 Å². The Bertz CT molecular complexity index is 204. The first kappa shape index (κ1) is 13.0. The van der Waals surface area contributed by atoms with Crippen molar-refractivity contribution in [3.63, 3.8) is 0 Å². The van der Waals surface area contributed by atoms with E-state index < -0.39 is 31.2 Å². The number of carboxylic acids is 1. The van der Waals surface area contributed by atoms with Gasteiger partial charge in [0.1, 0.15) is 0 Å². The zero-order valence-corrected chi connectivity index (χ0v) is 6.57. The summed E-state index contributed by atoms with van der Waals surface area (Å²) in [6, 6.07) is 0. The van der Waals surface area contributed by atoms with Crippen molar-refractivity contribution < 1.29 is 36.7 Å². The lowest BCUT2D eigenvalue weighted by atomic mass is 10.3. The molecular formula is C5H6F5NO3. The van der Waals surface area contributed by atoms with Crippen molar-refractivity contribution in [1.29, 1.82) is 0 Å². The number of rotatable bonds is 5. The summed E-state index contributed by atoms with van der Waals surface area (Å²) < 4.78 is 58.4. The lowest BCUT2D eigenvalue weighted by Gasteiger charge is -2.12. The third-order valence-corrected chi connectivity index (χ3v) is 0.945. The van der Waals surface area contributed by atoms with Crippen molar-refractivity contribution in [1.82, 2.24) is 5.48 Å². The van der Waals surface area contributed by atoms with Gasteiger partial charge in [0.25, 0.3) is 0 Å². The number of carbonyl (C=O) groups is 1. The van der Waals surface area contributed by atoms with Crippen LogP contribution in [0.4, 0.5) is 22.0 Å². The molecule has 4 nitrogen and oxygen atoms in total. The minimum Gasteiger partial charge on any atom is -0.477 e. The van der Waals surface area contributed by atoms with Crippen molar-refractivity contribution in [2.45, 2.75) is 12.1 Å². The van der Waals surface area contributed by atoms with Crippen LogP contribution in [0, 0.1) is 0 Å². The summed E-state index contributed by atoms with van der Waals surface area (Å²) in [6.45, 7) is -3.30. The molecule has 0 aliphatic rings. The Kier molecular flexibility index (Phi) is 4.20. The van der Waals surface area contributed by atoms with E-state index >= 15 is 0 Å². The highest BCUT2D eigenvalue weighted by atomic mass is 19.4. The van der Waals surface area contributed by atoms with Crippen LogP contribution in [0.25, 0.3) is 0 Å². The highest BCUT2D eigenvalue weighted by Crippen LogP contribution is 2.15. The van der Waals surface area contributed by atoms with E-state index in [1.807, 2.05) is 0 Å². The molecule has 0 aliphatic carbocycles. The molecule has 0 aromatic heterocycles. The molecule has 0 bridgehead atoms. The highest BCUT2D eigenvalue weighted by molar-refractivity contribution is 5.75. The van der Waals surface area contributed by atoms with Gasteiger partial charge in [0.15, 0.2) is 6.61 Å². The van der Waals surface area contributed by atoms with Gasteiger partial charge in [0.2, 0.25) is 0 Å². The summed E-state index contributed by atoms with van der Waals surface area (Å²) >= 11 is 0. The SMILES string of the molecule is O=C(O)C(F)(F)CNOCC(F)(F)F. The lowest BCUT2D eigenvalue weighted by Crippen LogP contribution is -2.40. The molecule has 0 amide bonds. The van der Waals surface area contributed by atoms with Crippen LogP contribution < -0.4 is 5.48 Å². The Labute approximate surface area is 74.6 Å². The molecule has 14 heavy (non-hydrogen) atoms. The third kappa shape index (κ3) is 5.65. The fraction of sp³-hybridized carbons (Fsp3) is 0.800. The Morgan fingerprint density at radius 2 is 1.79 bits per heavy atom. The van der Waals surface area contributed by atoms with E-state index in [0.717, 1.165) is 0 Å². The quantitative estimate of drug-likeness (QED) is 0.411. The van der Waals surface area contributed by atoms with Crippen molar-refractivity contribution in [3.8, 4) is 0 Å². The first-order valence-corrected chi connectivity index (χ1v) is 3.18. The molecule has 0 saturated heterocycles. The molecule has 0 atom stereocenters. The van der Waals surface area contributed by atoms with Crippen LogP contribution >= 0.6 is 0 Å². The summed E-state index contributed by atoms with van der Waals surface area (Å²) in [4.78, 5) is 13.3. The van der Waals surface area contributed by atoms with Gasteiger partial charge in [-0.3, -0.25) is 4.84 Å². The fourth-order valence-electron chi connectivity index (χ4n) is 0.350. The standard InChI is InChI=1S/C5H6F5NO3/c6-4(7,3(12)13)1-11-14-2-5(8,9)10/h11H,1-2H2,(H,12,13). The third-order valence-electron chi connectivity index (χ3n) is 0.945. The van der Waals surface area contributed by atoms with Gasteiger partial charge in [0, 0.05) is 0 Å². The number of nitrogens with one attached hydrogen (secondary N) is 1. The Hall–Kier alpha value is -0.960. The molecule has 0 heterocycles. The van der Waals surface area contributed by atoms with E-state index in [0.29, 0.717) is 0 Å². The molecule has 0 unspecified atom stereocenters. The zero-order chi connectivity index (χ0) is 11.4. The number of hydrogen-bond acceptors (Lipinski definition) is 3. The van der Waals surface area contributed by atoms with Crippen molar-refractivity contribution in [2.24, 2.45) is 0 Å². The van der Waals surface area contributed by atoms with Gasteiger partial charge >= 0.3 is 18.1 Å². The normalized spacial score (nSPS) is 12.9. The lowest BCUT2D eigenvalue weighted by molar-refractivity contribution is -0.198. The molecule has 0 rings (SSSR count). The average molecular weight is 223 g/mol. The molecule has 0 saturated carbocycles. The minimum absolute atomic E-state index is 1.21. The predicted octanol–water partition coefficient (Wildman–Crippen LogP) is 0.790. The van der Waals surface area contributed by atoms with Crippen LogP contribution in [-0.4, -0.2) is 36.3 Å². The maximum atomic E-state index is 12.1. The second kappa shape index (κ2) is 4.51. The summed E-state index contributed by atoms with van der Waals surface area (Å²) in [7, 11) is 0. The summed E-state index contributed by atoms with van der Waals surface area (Å²) in [5, 5.41) is 7.83. The highest BCUT2D eigenvalue weighted by Gasteiger charge is 2.39. The van der Waals surface area contributed by atoms with Crippen molar-refractivity contribution in [3.05, 3.63) is 0 Å². The molecule has 2 N–H and O–H groups in total. The summed E-state index contributed by atoms with van der Waals surface area (Å²) in [5.74, 6) is -6.60. The van der Waals surface area contributed by atoms with E-state index in [-0.39, 0.29) is 0 Å². The van der Waals surface area contributed by atoms with Gasteiger partial charge in [0.05, 0.1) is 6.54 Å². The summed E-state index contributed by atoms with van der Waals surface area (Å²) in [6.07, 6.45) is -4.66. The Morgan fingerprint density at radius 3 is 2.14 bits per heavy atom. The van der Waals surface area contributed by atoms with Crippen molar-refractivity contribution >= 4 is 5.97 Å². The van der Waals surface area contributed by atoms with Gasteiger partial charge in [-0.2, -0.15) is 27.4 Å². The number of carboxylic acid groups (broad SMARTS) is 1. The molecule has 0 spiro atoms. The first-order chi connectivity index (χ1) is 6.15. The predicted molar refractivity (Wildman–Crippen MR) is 32.6 cm³/mol. The van der Waals surface area contributed by atoms with E-state index in [1.54, 1.807) is 0 Å². The Balaban J connectivity index is 3.70. The van der Waals surface area contributed by atoms with E-state index in [2.05, 4.69) is 4.84 Å². The number of halogens is 5. The fourth-order valence-corrected chi connectivity index (χ4v) is 0.350. The smallest absolute Gasteiger partial charge is 0.413 e. The van der Waals surface area contributed by atoms with Gasteiger partial charge in [-0.05, 0) is 0 Å². The monoisotopic (exact) mass is 223 g/mol. The second-order valence-electron chi connectivity index (χ2n) is 2.23. The Morgan fingerprint density at radius 1 is 1.29 bits per heavy atom. The van der Waals surface area contributed by atoms with Crippen LogP contribution in [0.15, 0.2) is 0 Å². The molecule has 0 aromatic carbocycles. The van der Waals surface area contributed by atoms with Gasteiger partial charge in [-0.25, -0.2) is 4.79 Å². The zero-order valence-electron chi connectivity index (χ0n) is 6.57.